The molecule has 1 unspecified atom stereocenters. The highest BCUT2D eigenvalue weighted by Crippen LogP contribution is 2.34. The molecular formula is C24H25ClN2O2S. The van der Waals surface area contributed by atoms with Gasteiger partial charge in [0.2, 0.25) is 5.91 Å². The summed E-state index contributed by atoms with van der Waals surface area (Å²) < 4.78 is 1.12. The number of benzene rings is 2. The van der Waals surface area contributed by atoms with Gasteiger partial charge in [-0.1, -0.05) is 41.9 Å². The largest absolute Gasteiger partial charge is 0.354 e. The molecule has 0 bridgehead atoms. The van der Waals surface area contributed by atoms with Gasteiger partial charge in [-0.3, -0.25) is 9.59 Å². The molecular weight excluding hydrogens is 416 g/mol. The number of thiophene rings is 1. The highest BCUT2D eigenvalue weighted by Gasteiger charge is 2.30. The molecule has 4 rings (SSSR count). The summed E-state index contributed by atoms with van der Waals surface area (Å²) in [5.41, 5.74) is 2.19. The van der Waals surface area contributed by atoms with Gasteiger partial charge >= 0.3 is 0 Å². The van der Waals surface area contributed by atoms with Crippen molar-refractivity contribution < 1.29 is 9.59 Å². The van der Waals surface area contributed by atoms with Crippen LogP contribution in [0.5, 0.6) is 0 Å². The van der Waals surface area contributed by atoms with Crippen molar-refractivity contribution in [2.75, 3.05) is 13.6 Å². The number of amides is 2. The SMILES string of the molecule is CNC(=O)c1sc2ccccc2c1CC1CCCN1C(=O)CCc1ccc(Cl)cc1. The van der Waals surface area contributed by atoms with Crippen molar-refractivity contribution in [2.45, 2.75) is 38.1 Å². The standard InChI is InChI=1S/C24H25ClN2O2S/c1-26-24(29)23-20(19-6-2-3-7-21(19)30-23)15-18-5-4-14-27(18)22(28)13-10-16-8-11-17(25)12-9-16/h2-3,6-9,11-12,18H,4-5,10,13-15H2,1H3,(H,26,29). The molecule has 1 fully saturated rings. The summed E-state index contributed by atoms with van der Waals surface area (Å²) in [6.07, 6.45) is 3.91. The Bertz CT molecular complexity index is 1060. The van der Waals surface area contributed by atoms with Gasteiger partial charge in [-0.2, -0.15) is 0 Å². The average Bonchev–Trinajstić information content (AvgIpc) is 3.38. The second kappa shape index (κ2) is 9.19. The van der Waals surface area contributed by atoms with Gasteiger partial charge < -0.3 is 10.2 Å². The zero-order valence-electron chi connectivity index (χ0n) is 17.0. The minimum Gasteiger partial charge on any atom is -0.354 e. The molecule has 1 atom stereocenters. The lowest BCUT2D eigenvalue weighted by Gasteiger charge is -2.25. The smallest absolute Gasteiger partial charge is 0.261 e. The number of carbonyl (C=O) groups is 2. The molecule has 3 aromatic rings. The first kappa shape index (κ1) is 20.9. The van der Waals surface area contributed by atoms with Crippen molar-refractivity contribution in [3.8, 4) is 0 Å². The molecule has 30 heavy (non-hydrogen) atoms. The number of hydrogen-bond acceptors (Lipinski definition) is 3. The molecule has 0 radical (unpaired) electrons. The second-order valence-corrected chi connectivity index (χ2v) is 9.19. The molecule has 2 aromatic carbocycles. The number of rotatable bonds is 6. The molecule has 2 heterocycles. The van der Waals surface area contributed by atoms with Gasteiger partial charge in [-0.25, -0.2) is 0 Å². The van der Waals surface area contributed by atoms with E-state index < -0.39 is 0 Å². The van der Waals surface area contributed by atoms with Crippen molar-refractivity contribution in [1.29, 1.82) is 0 Å². The quantitative estimate of drug-likeness (QED) is 0.581. The molecule has 1 aliphatic rings. The fourth-order valence-electron chi connectivity index (χ4n) is 4.26. The summed E-state index contributed by atoms with van der Waals surface area (Å²) in [6, 6.07) is 16.0. The lowest BCUT2D eigenvalue weighted by Crippen LogP contribution is -2.37. The number of nitrogens with zero attached hydrogens (tertiary/aromatic N) is 1. The van der Waals surface area contributed by atoms with Crippen LogP contribution in [0.3, 0.4) is 0 Å². The fraction of sp³-hybridized carbons (Fsp3) is 0.333. The highest BCUT2D eigenvalue weighted by atomic mass is 35.5. The zero-order chi connectivity index (χ0) is 21.1. The number of hydrogen-bond donors (Lipinski definition) is 1. The Labute approximate surface area is 185 Å². The first-order valence-electron chi connectivity index (χ1n) is 10.3. The predicted octanol–water partition coefficient (Wildman–Crippen LogP) is 5.08. The van der Waals surface area contributed by atoms with Crippen LogP contribution in [0, 0.1) is 0 Å². The third kappa shape index (κ3) is 4.37. The molecule has 156 valence electrons. The summed E-state index contributed by atoms with van der Waals surface area (Å²) in [7, 11) is 1.67. The molecule has 1 aliphatic heterocycles. The molecule has 6 heteroatoms. The van der Waals surface area contributed by atoms with E-state index in [-0.39, 0.29) is 17.9 Å². The Morgan fingerprint density at radius 1 is 1.17 bits per heavy atom. The first-order valence-corrected chi connectivity index (χ1v) is 11.5. The van der Waals surface area contributed by atoms with Crippen LogP contribution in [-0.2, 0) is 17.6 Å². The van der Waals surface area contributed by atoms with Gasteiger partial charge in [0.25, 0.3) is 5.91 Å². The topological polar surface area (TPSA) is 49.4 Å². The maximum Gasteiger partial charge on any atom is 0.261 e. The minimum absolute atomic E-state index is 0.0511. The molecule has 0 spiro atoms. The minimum atomic E-state index is -0.0511. The van der Waals surface area contributed by atoms with Crippen molar-refractivity contribution in [2.24, 2.45) is 0 Å². The molecule has 2 amide bonds. The molecule has 1 N–H and O–H groups in total. The lowest BCUT2D eigenvalue weighted by atomic mass is 10.00. The monoisotopic (exact) mass is 440 g/mol. The summed E-state index contributed by atoms with van der Waals surface area (Å²) in [6.45, 7) is 0.793. The molecule has 0 aliphatic carbocycles. The van der Waals surface area contributed by atoms with Crippen LogP contribution >= 0.6 is 22.9 Å². The van der Waals surface area contributed by atoms with Crippen molar-refractivity contribution in [3.63, 3.8) is 0 Å². The number of aryl methyl sites for hydroxylation is 1. The Hall–Kier alpha value is -2.37. The summed E-state index contributed by atoms with van der Waals surface area (Å²) in [4.78, 5) is 28.3. The molecule has 4 nitrogen and oxygen atoms in total. The van der Waals surface area contributed by atoms with Gasteiger partial charge in [-0.05, 0) is 60.4 Å². The number of nitrogens with one attached hydrogen (secondary N) is 1. The third-order valence-corrected chi connectivity index (χ3v) is 7.27. The van der Waals surface area contributed by atoms with E-state index >= 15 is 0 Å². The van der Waals surface area contributed by atoms with Crippen LogP contribution in [0.1, 0.15) is 40.1 Å². The molecule has 0 saturated carbocycles. The second-order valence-electron chi connectivity index (χ2n) is 7.70. The van der Waals surface area contributed by atoms with Gasteiger partial charge in [0, 0.05) is 35.8 Å². The Kier molecular flexibility index (Phi) is 6.40. The summed E-state index contributed by atoms with van der Waals surface area (Å²) in [5, 5.41) is 4.60. The van der Waals surface area contributed by atoms with Crippen LogP contribution < -0.4 is 5.32 Å². The van der Waals surface area contributed by atoms with Gasteiger partial charge in [0.1, 0.15) is 0 Å². The normalized spacial score (nSPS) is 16.2. The Morgan fingerprint density at radius 3 is 2.70 bits per heavy atom. The van der Waals surface area contributed by atoms with Crippen LogP contribution in [0.25, 0.3) is 10.1 Å². The van der Waals surface area contributed by atoms with E-state index in [4.69, 9.17) is 11.6 Å². The van der Waals surface area contributed by atoms with E-state index in [9.17, 15) is 9.59 Å². The fourth-order valence-corrected chi connectivity index (χ4v) is 5.56. The van der Waals surface area contributed by atoms with Gasteiger partial charge in [0.15, 0.2) is 0 Å². The summed E-state index contributed by atoms with van der Waals surface area (Å²) >= 11 is 7.48. The number of halogens is 1. The van der Waals surface area contributed by atoms with Crippen LogP contribution in [-0.4, -0.2) is 36.3 Å². The van der Waals surface area contributed by atoms with Gasteiger partial charge in [0.05, 0.1) is 4.88 Å². The number of carbonyl (C=O) groups excluding carboxylic acids is 2. The summed E-state index contributed by atoms with van der Waals surface area (Å²) in [5.74, 6) is 0.137. The number of fused-ring (bicyclic) bond motifs is 1. The number of likely N-dealkylation sites (tertiary alicyclic amines) is 1. The molecule has 1 aromatic heterocycles. The average molecular weight is 441 g/mol. The van der Waals surface area contributed by atoms with E-state index in [0.29, 0.717) is 17.9 Å². The molecule has 1 saturated heterocycles. The van der Waals surface area contributed by atoms with E-state index in [0.717, 1.165) is 51.9 Å². The van der Waals surface area contributed by atoms with Crippen molar-refractivity contribution >= 4 is 44.8 Å². The van der Waals surface area contributed by atoms with Crippen molar-refractivity contribution in [1.82, 2.24) is 10.2 Å². The lowest BCUT2D eigenvalue weighted by molar-refractivity contribution is -0.131. The van der Waals surface area contributed by atoms with Crippen molar-refractivity contribution in [3.05, 3.63) is 69.6 Å². The maximum atomic E-state index is 13.0. The van der Waals surface area contributed by atoms with Crippen LogP contribution in [0.2, 0.25) is 5.02 Å². The predicted molar refractivity (Wildman–Crippen MR) is 123 cm³/mol. The zero-order valence-corrected chi connectivity index (χ0v) is 18.6. The van der Waals surface area contributed by atoms with E-state index in [2.05, 4.69) is 17.4 Å². The van der Waals surface area contributed by atoms with Crippen LogP contribution in [0.4, 0.5) is 0 Å². The Balaban J connectivity index is 1.51. The highest BCUT2D eigenvalue weighted by molar-refractivity contribution is 7.21. The van der Waals surface area contributed by atoms with Crippen LogP contribution in [0.15, 0.2) is 48.5 Å². The van der Waals surface area contributed by atoms with E-state index in [1.807, 2.05) is 41.3 Å². The third-order valence-electron chi connectivity index (χ3n) is 5.81. The first-order chi connectivity index (χ1) is 14.6. The van der Waals surface area contributed by atoms with Gasteiger partial charge in [-0.15, -0.1) is 11.3 Å². The van der Waals surface area contributed by atoms with E-state index in [1.54, 1.807) is 7.05 Å². The maximum absolute atomic E-state index is 13.0. The Morgan fingerprint density at radius 2 is 1.93 bits per heavy atom. The van der Waals surface area contributed by atoms with E-state index in [1.165, 1.54) is 11.3 Å².